The Morgan fingerprint density at radius 1 is 1.29 bits per heavy atom. The molecule has 3 heterocycles. The van der Waals surface area contributed by atoms with Gasteiger partial charge in [-0.25, -0.2) is 0 Å². The lowest BCUT2D eigenvalue weighted by molar-refractivity contribution is 0.0955. The highest BCUT2D eigenvalue weighted by molar-refractivity contribution is 7.12. The average molecular weight is 347 g/mol. The van der Waals surface area contributed by atoms with E-state index in [1.54, 1.807) is 0 Å². The number of aromatic nitrogens is 2. The van der Waals surface area contributed by atoms with Crippen LogP contribution in [0.5, 0.6) is 0 Å². The highest BCUT2D eigenvalue weighted by Gasteiger charge is 2.22. The maximum atomic E-state index is 12.2. The summed E-state index contributed by atoms with van der Waals surface area (Å²) in [7, 11) is 4.15. The molecule has 0 spiro atoms. The van der Waals surface area contributed by atoms with Gasteiger partial charge in [0.05, 0.1) is 10.6 Å². The summed E-state index contributed by atoms with van der Waals surface area (Å²) in [6.45, 7) is 6.71. The van der Waals surface area contributed by atoms with E-state index in [4.69, 9.17) is 0 Å². The van der Waals surface area contributed by atoms with Crippen LogP contribution in [-0.2, 0) is 13.6 Å². The van der Waals surface area contributed by atoms with Gasteiger partial charge >= 0.3 is 0 Å². The van der Waals surface area contributed by atoms with Gasteiger partial charge in [0.25, 0.3) is 5.91 Å². The van der Waals surface area contributed by atoms with Gasteiger partial charge in [0.2, 0.25) is 0 Å². The van der Waals surface area contributed by atoms with Crippen LogP contribution in [0.25, 0.3) is 0 Å². The van der Waals surface area contributed by atoms with Crippen molar-refractivity contribution in [3.05, 3.63) is 33.6 Å². The third-order valence-corrected chi connectivity index (χ3v) is 5.37. The molecular weight excluding hydrogens is 322 g/mol. The van der Waals surface area contributed by atoms with Crippen LogP contribution in [-0.4, -0.2) is 53.8 Å². The van der Waals surface area contributed by atoms with Gasteiger partial charge in [-0.1, -0.05) is 6.07 Å². The largest absolute Gasteiger partial charge is 0.355 e. The Morgan fingerprint density at radius 3 is 2.88 bits per heavy atom. The minimum atomic E-state index is -0.0187. The zero-order valence-electron chi connectivity index (χ0n) is 14.6. The van der Waals surface area contributed by atoms with Crippen LogP contribution in [0.2, 0.25) is 0 Å². The zero-order valence-corrected chi connectivity index (χ0v) is 15.4. The third-order valence-electron chi connectivity index (χ3n) is 4.50. The van der Waals surface area contributed by atoms with Gasteiger partial charge in [-0.05, 0) is 38.4 Å². The van der Waals surface area contributed by atoms with Gasteiger partial charge in [0.15, 0.2) is 0 Å². The summed E-state index contributed by atoms with van der Waals surface area (Å²) in [4.78, 5) is 17.7. The van der Waals surface area contributed by atoms with Crippen molar-refractivity contribution in [1.29, 1.82) is 0 Å². The number of nitrogens with one attached hydrogen (secondary N) is 1. The lowest BCUT2D eigenvalue weighted by Gasteiger charge is -2.24. The van der Waals surface area contributed by atoms with E-state index in [0.717, 1.165) is 54.6 Å². The Hall–Kier alpha value is -1.86. The molecule has 2 aromatic heterocycles. The molecule has 1 aliphatic rings. The minimum absolute atomic E-state index is 0.0187. The van der Waals surface area contributed by atoms with Crippen LogP contribution in [0.4, 0.5) is 5.82 Å². The fourth-order valence-electron chi connectivity index (χ4n) is 3.21. The SMILES string of the molecule is Cc1nn(C)c(N2CCCN(C)CC2)c1CNC(=O)c1cccs1. The molecule has 7 heteroatoms. The zero-order chi connectivity index (χ0) is 17.1. The Kier molecular flexibility index (Phi) is 5.20. The number of carbonyl (C=O) groups excluding carboxylic acids is 1. The summed E-state index contributed by atoms with van der Waals surface area (Å²) in [6.07, 6.45) is 1.14. The molecule has 0 bridgehead atoms. The summed E-state index contributed by atoms with van der Waals surface area (Å²) in [5.74, 6) is 1.11. The van der Waals surface area contributed by atoms with Gasteiger partial charge < -0.3 is 15.1 Å². The highest BCUT2D eigenvalue weighted by atomic mass is 32.1. The Labute approximate surface area is 147 Å². The molecule has 2 aromatic rings. The molecule has 1 N–H and O–H groups in total. The molecule has 0 atom stereocenters. The molecule has 0 unspecified atom stereocenters. The van der Waals surface area contributed by atoms with E-state index < -0.39 is 0 Å². The first-order chi connectivity index (χ1) is 11.6. The van der Waals surface area contributed by atoms with Crippen molar-refractivity contribution in [2.45, 2.75) is 19.9 Å². The van der Waals surface area contributed by atoms with Crippen LogP contribution < -0.4 is 10.2 Å². The number of carbonyl (C=O) groups is 1. The molecule has 1 aliphatic heterocycles. The molecule has 6 nitrogen and oxygen atoms in total. The van der Waals surface area contributed by atoms with Crippen LogP contribution >= 0.6 is 11.3 Å². The van der Waals surface area contributed by atoms with Gasteiger partial charge in [0.1, 0.15) is 5.82 Å². The summed E-state index contributed by atoms with van der Waals surface area (Å²) in [6, 6.07) is 3.75. The number of nitrogens with zero attached hydrogens (tertiary/aromatic N) is 4. The Morgan fingerprint density at radius 2 is 2.12 bits per heavy atom. The van der Waals surface area contributed by atoms with Crippen molar-refractivity contribution in [2.24, 2.45) is 7.05 Å². The summed E-state index contributed by atoms with van der Waals surface area (Å²) < 4.78 is 1.95. The van der Waals surface area contributed by atoms with Crippen molar-refractivity contribution < 1.29 is 4.79 Å². The minimum Gasteiger partial charge on any atom is -0.355 e. The number of hydrogen-bond donors (Lipinski definition) is 1. The van der Waals surface area contributed by atoms with Crippen LogP contribution in [0.3, 0.4) is 0 Å². The molecule has 130 valence electrons. The molecular formula is C17H25N5OS. The molecule has 0 radical (unpaired) electrons. The Bertz CT molecular complexity index is 694. The molecule has 3 rings (SSSR count). The second-order valence-electron chi connectivity index (χ2n) is 6.32. The van der Waals surface area contributed by atoms with Gasteiger partial charge in [-0.15, -0.1) is 11.3 Å². The second kappa shape index (κ2) is 7.36. The smallest absolute Gasteiger partial charge is 0.261 e. The molecule has 0 aliphatic carbocycles. The fourth-order valence-corrected chi connectivity index (χ4v) is 3.85. The van der Waals surface area contributed by atoms with E-state index in [-0.39, 0.29) is 5.91 Å². The number of anilines is 1. The normalized spacial score (nSPS) is 16.2. The number of likely N-dealkylation sites (N-methyl/N-ethyl adjacent to an activating group) is 1. The monoisotopic (exact) mass is 347 g/mol. The fraction of sp³-hybridized carbons (Fsp3) is 0.529. The highest BCUT2D eigenvalue weighted by Crippen LogP contribution is 2.24. The Balaban J connectivity index is 1.76. The van der Waals surface area contributed by atoms with Gasteiger partial charge in [0, 0.05) is 38.8 Å². The second-order valence-corrected chi connectivity index (χ2v) is 7.26. The van der Waals surface area contributed by atoms with Crippen LogP contribution in [0, 0.1) is 6.92 Å². The van der Waals surface area contributed by atoms with Crippen LogP contribution in [0.15, 0.2) is 17.5 Å². The maximum absolute atomic E-state index is 12.2. The summed E-state index contributed by atoms with van der Waals surface area (Å²) in [5.41, 5.74) is 2.10. The lowest BCUT2D eigenvalue weighted by atomic mass is 10.2. The first-order valence-electron chi connectivity index (χ1n) is 8.34. The quantitative estimate of drug-likeness (QED) is 0.917. The van der Waals surface area contributed by atoms with E-state index in [9.17, 15) is 4.79 Å². The van der Waals surface area contributed by atoms with Gasteiger partial charge in [-0.3, -0.25) is 9.48 Å². The van der Waals surface area contributed by atoms with E-state index in [1.807, 2.05) is 36.2 Å². The molecule has 1 amide bonds. The standard InChI is InChI=1S/C17H25N5OS/c1-13-14(12-18-16(23)15-6-4-11-24-15)17(21(3)19-13)22-8-5-7-20(2)9-10-22/h4,6,11H,5,7-10,12H2,1-3H3,(H,18,23). The first kappa shape index (κ1) is 17.0. The first-order valence-corrected chi connectivity index (χ1v) is 9.22. The van der Waals surface area contributed by atoms with Crippen molar-refractivity contribution in [1.82, 2.24) is 20.0 Å². The molecule has 0 aromatic carbocycles. The third kappa shape index (κ3) is 3.62. The summed E-state index contributed by atoms with van der Waals surface area (Å²) in [5, 5.41) is 9.55. The average Bonchev–Trinajstić information content (AvgIpc) is 3.11. The number of aryl methyl sites for hydroxylation is 2. The predicted octanol–water partition coefficient (Wildman–Crippen LogP) is 1.86. The van der Waals surface area contributed by atoms with E-state index in [2.05, 4.69) is 27.3 Å². The lowest BCUT2D eigenvalue weighted by Crippen LogP contribution is -2.32. The maximum Gasteiger partial charge on any atom is 0.261 e. The number of hydrogen-bond acceptors (Lipinski definition) is 5. The topological polar surface area (TPSA) is 53.4 Å². The van der Waals surface area contributed by atoms with Crippen LogP contribution in [0.1, 0.15) is 27.3 Å². The van der Waals surface area contributed by atoms with E-state index in [0.29, 0.717) is 6.54 Å². The van der Waals surface area contributed by atoms with E-state index >= 15 is 0 Å². The molecule has 24 heavy (non-hydrogen) atoms. The van der Waals surface area contributed by atoms with E-state index in [1.165, 1.54) is 11.3 Å². The molecule has 0 saturated carbocycles. The summed E-state index contributed by atoms with van der Waals surface area (Å²) >= 11 is 1.46. The molecule has 1 saturated heterocycles. The molecule has 1 fully saturated rings. The van der Waals surface area contributed by atoms with Gasteiger partial charge in [-0.2, -0.15) is 5.10 Å². The van der Waals surface area contributed by atoms with Crippen molar-refractivity contribution in [3.8, 4) is 0 Å². The van der Waals surface area contributed by atoms with Crippen molar-refractivity contribution >= 4 is 23.1 Å². The number of amides is 1. The van der Waals surface area contributed by atoms with Crippen molar-refractivity contribution in [3.63, 3.8) is 0 Å². The number of thiophene rings is 1. The predicted molar refractivity (Wildman–Crippen MR) is 97.8 cm³/mol. The number of rotatable bonds is 4. The van der Waals surface area contributed by atoms with Crippen molar-refractivity contribution in [2.75, 3.05) is 38.1 Å².